The van der Waals surface area contributed by atoms with E-state index in [1.165, 1.54) is 27.8 Å². The van der Waals surface area contributed by atoms with Crippen LogP contribution >= 0.6 is 0 Å². The first-order valence-electron chi connectivity index (χ1n) is 17.4. The van der Waals surface area contributed by atoms with Crippen LogP contribution in [0.3, 0.4) is 0 Å². The maximum atomic E-state index is 6.19. The molecule has 3 nitrogen and oxygen atoms in total. The van der Waals surface area contributed by atoms with Gasteiger partial charge in [0, 0.05) is 32.9 Å². The average Bonchev–Trinajstić information content (AvgIpc) is 3.72. The maximum Gasteiger partial charge on any atom is 0.160 e. The number of para-hydroxylation sites is 1. The van der Waals surface area contributed by atoms with Gasteiger partial charge in [-0.25, -0.2) is 9.97 Å². The van der Waals surface area contributed by atoms with E-state index in [2.05, 4.69) is 146 Å². The van der Waals surface area contributed by atoms with Crippen LogP contribution in [-0.2, 0) is 5.41 Å². The third-order valence-electron chi connectivity index (χ3n) is 10.6. The normalized spacial score (nSPS) is 14.8. The van der Waals surface area contributed by atoms with Crippen molar-refractivity contribution in [3.05, 3.63) is 193 Å². The molecule has 0 amide bonds. The van der Waals surface area contributed by atoms with Crippen molar-refractivity contribution in [2.45, 2.75) is 12.3 Å². The Kier molecular flexibility index (Phi) is 6.62. The van der Waals surface area contributed by atoms with Crippen LogP contribution in [0.15, 0.2) is 180 Å². The molecular formula is C48H32N2O. The van der Waals surface area contributed by atoms with Crippen molar-refractivity contribution < 1.29 is 4.42 Å². The molecule has 0 N–H and O–H groups in total. The van der Waals surface area contributed by atoms with Crippen molar-refractivity contribution in [3.63, 3.8) is 0 Å². The molecule has 0 fully saturated rings. The summed E-state index contributed by atoms with van der Waals surface area (Å²) in [5.74, 6) is 0.705. The first kappa shape index (κ1) is 29.3. The molecular weight excluding hydrogens is 621 g/mol. The fraction of sp³-hybridized carbons (Fsp3) is 0.0417. The minimum atomic E-state index is -0.291. The Labute approximate surface area is 296 Å². The molecule has 0 saturated carbocycles. The molecule has 0 aliphatic heterocycles. The molecule has 0 spiro atoms. The van der Waals surface area contributed by atoms with Crippen LogP contribution in [-0.4, -0.2) is 9.97 Å². The standard InChI is InChI=1S/C48H32N2O/c1-48(35-15-6-3-7-16-35)40-20-10-8-17-37(40)38-28-27-34(29-41(38)48)43-30-42(49-47(50-43)33-13-4-2-5-14-33)32-25-23-31(24-26-32)36-19-12-22-45-46(36)39-18-9-11-21-44(39)51-45/h2-30H,1H3. The van der Waals surface area contributed by atoms with Gasteiger partial charge in [-0.05, 0) is 70.1 Å². The monoisotopic (exact) mass is 652 g/mol. The van der Waals surface area contributed by atoms with Crippen LogP contribution in [0, 0.1) is 0 Å². The van der Waals surface area contributed by atoms with E-state index in [4.69, 9.17) is 14.4 Å². The summed E-state index contributed by atoms with van der Waals surface area (Å²) in [5, 5.41) is 2.26. The van der Waals surface area contributed by atoms with E-state index in [1.807, 2.05) is 36.4 Å². The summed E-state index contributed by atoms with van der Waals surface area (Å²) < 4.78 is 6.19. The predicted molar refractivity (Wildman–Crippen MR) is 208 cm³/mol. The number of hydrogen-bond acceptors (Lipinski definition) is 3. The highest BCUT2D eigenvalue weighted by atomic mass is 16.3. The fourth-order valence-electron chi connectivity index (χ4n) is 8.03. The van der Waals surface area contributed by atoms with Gasteiger partial charge in [-0.1, -0.05) is 152 Å². The average molecular weight is 653 g/mol. The molecule has 1 aliphatic carbocycles. The van der Waals surface area contributed by atoms with Crippen LogP contribution in [0.4, 0.5) is 0 Å². The van der Waals surface area contributed by atoms with Crippen molar-refractivity contribution in [1.82, 2.24) is 9.97 Å². The van der Waals surface area contributed by atoms with E-state index in [1.54, 1.807) is 0 Å². The van der Waals surface area contributed by atoms with E-state index in [0.29, 0.717) is 5.82 Å². The number of fused-ring (bicyclic) bond motifs is 6. The summed E-state index contributed by atoms with van der Waals surface area (Å²) in [6.07, 6.45) is 0. The van der Waals surface area contributed by atoms with E-state index in [-0.39, 0.29) is 5.41 Å². The molecule has 10 rings (SSSR count). The van der Waals surface area contributed by atoms with E-state index >= 15 is 0 Å². The van der Waals surface area contributed by atoms with Crippen molar-refractivity contribution in [2.75, 3.05) is 0 Å². The quantitative estimate of drug-likeness (QED) is 0.186. The molecule has 7 aromatic carbocycles. The van der Waals surface area contributed by atoms with Gasteiger partial charge in [0.2, 0.25) is 0 Å². The first-order chi connectivity index (χ1) is 25.1. The van der Waals surface area contributed by atoms with Crippen molar-refractivity contribution in [2.24, 2.45) is 0 Å². The second-order valence-corrected chi connectivity index (χ2v) is 13.5. The van der Waals surface area contributed by atoms with Gasteiger partial charge in [0.15, 0.2) is 5.82 Å². The minimum Gasteiger partial charge on any atom is -0.456 e. The van der Waals surface area contributed by atoms with Gasteiger partial charge in [-0.2, -0.15) is 0 Å². The van der Waals surface area contributed by atoms with Gasteiger partial charge in [0.05, 0.1) is 11.4 Å². The molecule has 0 saturated heterocycles. The smallest absolute Gasteiger partial charge is 0.160 e. The van der Waals surface area contributed by atoms with Crippen molar-refractivity contribution in [1.29, 1.82) is 0 Å². The van der Waals surface area contributed by atoms with Crippen LogP contribution in [0.1, 0.15) is 23.6 Å². The zero-order valence-corrected chi connectivity index (χ0v) is 28.0. The molecule has 2 aromatic heterocycles. The number of furan rings is 1. The van der Waals surface area contributed by atoms with Crippen molar-refractivity contribution >= 4 is 21.9 Å². The second kappa shape index (κ2) is 11.5. The van der Waals surface area contributed by atoms with Gasteiger partial charge in [0.1, 0.15) is 11.2 Å². The van der Waals surface area contributed by atoms with E-state index in [0.717, 1.165) is 61.1 Å². The van der Waals surface area contributed by atoms with E-state index < -0.39 is 0 Å². The Bertz CT molecular complexity index is 2750. The number of hydrogen-bond donors (Lipinski definition) is 0. The first-order valence-corrected chi connectivity index (χ1v) is 17.4. The van der Waals surface area contributed by atoms with Crippen LogP contribution in [0.2, 0.25) is 0 Å². The Morgan fingerprint density at radius 2 is 1.04 bits per heavy atom. The zero-order valence-electron chi connectivity index (χ0n) is 28.0. The number of benzene rings is 7. The number of aromatic nitrogens is 2. The zero-order chi connectivity index (χ0) is 33.9. The lowest BCUT2D eigenvalue weighted by atomic mass is 9.74. The third kappa shape index (κ3) is 4.66. The largest absolute Gasteiger partial charge is 0.456 e. The highest BCUT2D eigenvalue weighted by Crippen LogP contribution is 2.53. The van der Waals surface area contributed by atoms with Crippen LogP contribution < -0.4 is 0 Å². The topological polar surface area (TPSA) is 38.9 Å². The van der Waals surface area contributed by atoms with Crippen LogP contribution in [0.25, 0.3) is 78.1 Å². The molecule has 3 heteroatoms. The summed E-state index contributed by atoms with van der Waals surface area (Å²) in [6, 6.07) is 62.1. The molecule has 2 heterocycles. The molecule has 0 radical (unpaired) electrons. The Balaban J connectivity index is 1.11. The van der Waals surface area contributed by atoms with Gasteiger partial charge >= 0.3 is 0 Å². The highest BCUT2D eigenvalue weighted by Gasteiger charge is 2.40. The third-order valence-corrected chi connectivity index (χ3v) is 10.6. The SMILES string of the molecule is CC1(c2ccccc2)c2ccccc2-c2ccc(-c3cc(-c4ccc(-c5cccc6oc7ccccc7c56)cc4)nc(-c4ccccc4)n3)cc21. The van der Waals surface area contributed by atoms with Crippen molar-refractivity contribution in [3.8, 4) is 56.2 Å². The molecule has 0 bridgehead atoms. The summed E-state index contributed by atoms with van der Waals surface area (Å²) in [7, 11) is 0. The predicted octanol–water partition coefficient (Wildman–Crippen LogP) is 12.4. The molecule has 9 aromatic rings. The fourth-order valence-corrected chi connectivity index (χ4v) is 8.03. The summed E-state index contributed by atoms with van der Waals surface area (Å²) in [5.41, 5.74) is 15.1. The molecule has 1 aliphatic rings. The number of nitrogens with zero attached hydrogens (tertiary/aromatic N) is 2. The lowest BCUT2D eigenvalue weighted by Crippen LogP contribution is -2.22. The lowest BCUT2D eigenvalue weighted by Gasteiger charge is -2.28. The minimum absolute atomic E-state index is 0.291. The molecule has 51 heavy (non-hydrogen) atoms. The molecule has 1 unspecified atom stereocenters. The van der Waals surface area contributed by atoms with Crippen LogP contribution in [0.5, 0.6) is 0 Å². The Morgan fingerprint density at radius 3 is 1.86 bits per heavy atom. The maximum absolute atomic E-state index is 6.19. The highest BCUT2D eigenvalue weighted by molar-refractivity contribution is 6.12. The lowest BCUT2D eigenvalue weighted by molar-refractivity contribution is 0.669. The van der Waals surface area contributed by atoms with Gasteiger partial charge < -0.3 is 4.42 Å². The number of rotatable bonds is 5. The van der Waals surface area contributed by atoms with Gasteiger partial charge in [-0.3, -0.25) is 0 Å². The molecule has 240 valence electrons. The summed E-state index contributed by atoms with van der Waals surface area (Å²) in [4.78, 5) is 10.3. The van der Waals surface area contributed by atoms with Gasteiger partial charge in [0.25, 0.3) is 0 Å². The molecule has 1 atom stereocenters. The Hall–Kier alpha value is -6.58. The van der Waals surface area contributed by atoms with Gasteiger partial charge in [-0.15, -0.1) is 0 Å². The Morgan fingerprint density at radius 1 is 0.431 bits per heavy atom. The van der Waals surface area contributed by atoms with E-state index in [9.17, 15) is 0 Å². The second-order valence-electron chi connectivity index (χ2n) is 13.5. The summed E-state index contributed by atoms with van der Waals surface area (Å²) >= 11 is 0. The summed E-state index contributed by atoms with van der Waals surface area (Å²) in [6.45, 7) is 2.35.